The van der Waals surface area contributed by atoms with Crippen LogP contribution in [0.5, 0.6) is 0 Å². The van der Waals surface area contributed by atoms with Gasteiger partial charge in [0.25, 0.3) is 0 Å². The summed E-state index contributed by atoms with van der Waals surface area (Å²) in [6, 6.07) is 8.05. The lowest BCUT2D eigenvalue weighted by Crippen LogP contribution is -2.53. The summed E-state index contributed by atoms with van der Waals surface area (Å²) in [5.41, 5.74) is 2.56. The van der Waals surface area contributed by atoms with Gasteiger partial charge in [-0.05, 0) is 49.1 Å². The Bertz CT molecular complexity index is 591. The van der Waals surface area contributed by atoms with Crippen molar-refractivity contribution in [3.63, 3.8) is 0 Å². The van der Waals surface area contributed by atoms with Gasteiger partial charge in [-0.2, -0.15) is 0 Å². The third-order valence-electron chi connectivity index (χ3n) is 5.41. The van der Waals surface area contributed by atoms with Crippen LogP contribution in [0.15, 0.2) is 24.3 Å². The SMILES string of the molecule is CCC1CCCN1C(=O)[C@@H](NC(=O)OC)C1Cc2ccccc2C1. The maximum atomic E-state index is 13.2. The molecule has 0 aromatic heterocycles. The summed E-state index contributed by atoms with van der Waals surface area (Å²) < 4.78 is 4.76. The molecule has 24 heavy (non-hydrogen) atoms. The normalized spacial score (nSPS) is 21.4. The summed E-state index contributed by atoms with van der Waals surface area (Å²) in [4.78, 5) is 26.9. The molecular weight excluding hydrogens is 304 g/mol. The zero-order valence-electron chi connectivity index (χ0n) is 14.5. The summed E-state index contributed by atoms with van der Waals surface area (Å²) >= 11 is 0. The van der Waals surface area contributed by atoms with Gasteiger partial charge in [0, 0.05) is 12.6 Å². The van der Waals surface area contributed by atoms with E-state index in [4.69, 9.17) is 4.74 Å². The lowest BCUT2D eigenvalue weighted by Gasteiger charge is -2.31. The first-order chi connectivity index (χ1) is 11.6. The molecule has 1 fully saturated rings. The lowest BCUT2D eigenvalue weighted by atomic mass is 9.95. The highest BCUT2D eigenvalue weighted by Gasteiger charge is 2.39. The minimum absolute atomic E-state index is 0.0440. The van der Waals surface area contributed by atoms with E-state index in [9.17, 15) is 9.59 Å². The van der Waals surface area contributed by atoms with Crippen LogP contribution in [-0.4, -0.2) is 42.6 Å². The van der Waals surface area contributed by atoms with Gasteiger partial charge in [-0.3, -0.25) is 4.79 Å². The fourth-order valence-electron chi connectivity index (χ4n) is 4.12. The summed E-state index contributed by atoms with van der Waals surface area (Å²) in [5.74, 6) is 0.134. The van der Waals surface area contributed by atoms with Crippen LogP contribution in [0.4, 0.5) is 4.79 Å². The van der Waals surface area contributed by atoms with Crippen molar-refractivity contribution in [3.05, 3.63) is 35.4 Å². The second-order valence-corrected chi connectivity index (χ2v) is 6.79. The minimum Gasteiger partial charge on any atom is -0.453 e. The molecular formula is C19H26N2O3. The highest BCUT2D eigenvalue weighted by atomic mass is 16.5. The molecule has 130 valence electrons. The highest BCUT2D eigenvalue weighted by molar-refractivity contribution is 5.86. The molecule has 0 spiro atoms. The molecule has 1 aliphatic heterocycles. The molecule has 5 nitrogen and oxygen atoms in total. The predicted molar refractivity (Wildman–Crippen MR) is 91.7 cm³/mol. The Morgan fingerprint density at radius 1 is 1.29 bits per heavy atom. The van der Waals surface area contributed by atoms with Gasteiger partial charge < -0.3 is 15.0 Å². The molecule has 5 heteroatoms. The number of alkyl carbamates (subject to hydrolysis) is 1. The van der Waals surface area contributed by atoms with Gasteiger partial charge in [-0.25, -0.2) is 4.79 Å². The van der Waals surface area contributed by atoms with E-state index in [1.54, 1.807) is 0 Å². The van der Waals surface area contributed by atoms with Crippen molar-refractivity contribution in [2.45, 2.75) is 51.1 Å². The fraction of sp³-hybridized carbons (Fsp3) is 0.579. The van der Waals surface area contributed by atoms with Gasteiger partial charge in [-0.1, -0.05) is 31.2 Å². The fourth-order valence-corrected chi connectivity index (χ4v) is 4.12. The molecule has 1 aromatic rings. The Kier molecular flexibility index (Phi) is 5.07. The first kappa shape index (κ1) is 16.8. The third-order valence-corrected chi connectivity index (χ3v) is 5.41. The highest BCUT2D eigenvalue weighted by Crippen LogP contribution is 2.31. The molecule has 1 N–H and O–H groups in total. The largest absolute Gasteiger partial charge is 0.453 e. The zero-order valence-corrected chi connectivity index (χ0v) is 14.5. The van der Waals surface area contributed by atoms with E-state index < -0.39 is 12.1 Å². The van der Waals surface area contributed by atoms with E-state index in [0.717, 1.165) is 38.6 Å². The second-order valence-electron chi connectivity index (χ2n) is 6.79. The summed E-state index contributed by atoms with van der Waals surface area (Å²) in [6.07, 6.45) is 4.17. The van der Waals surface area contributed by atoms with E-state index in [1.165, 1.54) is 18.2 Å². The van der Waals surface area contributed by atoms with Crippen LogP contribution in [-0.2, 0) is 22.4 Å². The minimum atomic E-state index is -0.531. The number of hydrogen-bond acceptors (Lipinski definition) is 3. The first-order valence-electron chi connectivity index (χ1n) is 8.85. The van der Waals surface area contributed by atoms with E-state index in [2.05, 4.69) is 24.4 Å². The number of ether oxygens (including phenoxy) is 1. The van der Waals surface area contributed by atoms with Gasteiger partial charge in [0.15, 0.2) is 0 Å². The molecule has 0 radical (unpaired) electrons. The first-order valence-corrected chi connectivity index (χ1v) is 8.85. The quantitative estimate of drug-likeness (QED) is 0.923. The van der Waals surface area contributed by atoms with Crippen LogP contribution in [0, 0.1) is 5.92 Å². The number of carbonyl (C=O) groups is 2. The molecule has 1 heterocycles. The average molecular weight is 330 g/mol. The van der Waals surface area contributed by atoms with Gasteiger partial charge in [-0.15, -0.1) is 0 Å². The molecule has 1 aromatic carbocycles. The van der Waals surface area contributed by atoms with Crippen LogP contribution in [0.2, 0.25) is 0 Å². The molecule has 1 aliphatic carbocycles. The number of methoxy groups -OCH3 is 1. The molecule has 0 saturated carbocycles. The lowest BCUT2D eigenvalue weighted by molar-refractivity contribution is -0.135. The molecule has 1 unspecified atom stereocenters. The van der Waals surface area contributed by atoms with E-state index in [-0.39, 0.29) is 11.8 Å². The number of likely N-dealkylation sites (tertiary alicyclic amines) is 1. The molecule has 0 bridgehead atoms. The summed E-state index contributed by atoms with van der Waals surface area (Å²) in [7, 11) is 1.34. The van der Waals surface area contributed by atoms with Crippen LogP contribution < -0.4 is 5.32 Å². The maximum absolute atomic E-state index is 13.2. The van der Waals surface area contributed by atoms with Crippen molar-refractivity contribution in [1.82, 2.24) is 10.2 Å². The number of nitrogens with zero attached hydrogens (tertiary/aromatic N) is 1. The number of nitrogens with one attached hydrogen (secondary N) is 1. The van der Waals surface area contributed by atoms with Crippen LogP contribution in [0.3, 0.4) is 0 Å². The number of amides is 2. The van der Waals surface area contributed by atoms with Crippen molar-refractivity contribution in [2.24, 2.45) is 5.92 Å². The zero-order chi connectivity index (χ0) is 17.1. The van der Waals surface area contributed by atoms with E-state index >= 15 is 0 Å². The predicted octanol–water partition coefficient (Wildman–Crippen LogP) is 2.53. The van der Waals surface area contributed by atoms with Crippen LogP contribution in [0.1, 0.15) is 37.3 Å². The van der Waals surface area contributed by atoms with Crippen molar-refractivity contribution in [3.8, 4) is 0 Å². The summed E-state index contributed by atoms with van der Waals surface area (Å²) in [6.45, 7) is 2.90. The van der Waals surface area contributed by atoms with Gasteiger partial charge >= 0.3 is 6.09 Å². The Labute approximate surface area is 143 Å². The number of hydrogen-bond donors (Lipinski definition) is 1. The van der Waals surface area contributed by atoms with Gasteiger partial charge in [0.2, 0.25) is 5.91 Å². The Morgan fingerprint density at radius 3 is 2.54 bits per heavy atom. The topological polar surface area (TPSA) is 58.6 Å². The Hall–Kier alpha value is -2.04. The Balaban J connectivity index is 1.79. The van der Waals surface area contributed by atoms with Gasteiger partial charge in [0.1, 0.15) is 6.04 Å². The standard InChI is InChI=1S/C19H26N2O3/c1-3-16-9-6-10-21(16)18(22)17(20-19(23)24-2)15-11-13-7-4-5-8-14(13)12-15/h4-5,7-8,15-17H,3,6,9-12H2,1-2H3,(H,20,23)/t16?,17-/m0/s1. The monoisotopic (exact) mass is 330 g/mol. The maximum Gasteiger partial charge on any atom is 0.407 e. The summed E-state index contributed by atoms with van der Waals surface area (Å²) in [5, 5.41) is 2.81. The molecule has 1 saturated heterocycles. The van der Waals surface area contributed by atoms with Crippen molar-refractivity contribution >= 4 is 12.0 Å². The van der Waals surface area contributed by atoms with E-state index in [0.29, 0.717) is 6.04 Å². The Morgan fingerprint density at radius 2 is 1.96 bits per heavy atom. The molecule has 2 amide bonds. The smallest absolute Gasteiger partial charge is 0.407 e. The van der Waals surface area contributed by atoms with Crippen molar-refractivity contribution in [1.29, 1.82) is 0 Å². The van der Waals surface area contributed by atoms with E-state index in [1.807, 2.05) is 17.0 Å². The number of carbonyl (C=O) groups excluding carboxylic acids is 2. The second kappa shape index (κ2) is 7.24. The molecule has 3 rings (SSSR count). The van der Waals surface area contributed by atoms with Crippen LogP contribution >= 0.6 is 0 Å². The number of fused-ring (bicyclic) bond motifs is 1. The molecule has 2 aliphatic rings. The number of rotatable bonds is 4. The average Bonchev–Trinajstić information content (AvgIpc) is 3.24. The number of benzene rings is 1. The van der Waals surface area contributed by atoms with Crippen molar-refractivity contribution in [2.75, 3.05) is 13.7 Å². The van der Waals surface area contributed by atoms with Gasteiger partial charge in [0.05, 0.1) is 7.11 Å². The third kappa shape index (κ3) is 3.25. The molecule has 2 atom stereocenters. The van der Waals surface area contributed by atoms with Crippen LogP contribution in [0.25, 0.3) is 0 Å². The van der Waals surface area contributed by atoms with Crippen molar-refractivity contribution < 1.29 is 14.3 Å².